The van der Waals surface area contributed by atoms with Gasteiger partial charge >= 0.3 is 12.4 Å². The van der Waals surface area contributed by atoms with Crippen molar-refractivity contribution in [3.8, 4) is 0 Å². The predicted molar refractivity (Wildman–Crippen MR) is 154 cm³/mol. The van der Waals surface area contributed by atoms with Crippen LogP contribution < -0.4 is 11.1 Å². The Labute approximate surface area is 246 Å². The van der Waals surface area contributed by atoms with E-state index in [4.69, 9.17) is 15.2 Å². The molecule has 0 radical (unpaired) electrons. The molecule has 13 heteroatoms. The van der Waals surface area contributed by atoms with Crippen molar-refractivity contribution in [2.24, 2.45) is 5.73 Å². The van der Waals surface area contributed by atoms with E-state index in [0.717, 1.165) is 25.3 Å². The molecular formula is C30H35F6N5O2. The summed E-state index contributed by atoms with van der Waals surface area (Å²) >= 11 is 0. The standard InChI is InChI=1S/C30H35F6N5O2/c1-20(29(31,32)33)22-7-9-24(10-8-22)38-28-25-11-6-21(17-23(5-4-12-37)30(34,35)36)18-26(25)39-27(40-28)19-41(13-15-42-2)14-16-43-3/h4-12,18,20H,13-17,19,37H2,1-3H3,(H,38,39,40)/b12-4-,23-5+. The van der Waals surface area contributed by atoms with Gasteiger partial charge in [0.05, 0.1) is 31.2 Å². The number of allylic oxidation sites excluding steroid dienone is 3. The van der Waals surface area contributed by atoms with Gasteiger partial charge in [-0.15, -0.1) is 0 Å². The number of halogens is 6. The summed E-state index contributed by atoms with van der Waals surface area (Å²) in [5, 5.41) is 3.68. The highest BCUT2D eigenvalue weighted by atomic mass is 19.4. The second kappa shape index (κ2) is 15.2. The summed E-state index contributed by atoms with van der Waals surface area (Å²) in [6.07, 6.45) is -6.26. The maximum atomic E-state index is 13.6. The van der Waals surface area contributed by atoms with Crippen LogP contribution in [-0.2, 0) is 22.4 Å². The van der Waals surface area contributed by atoms with Gasteiger partial charge in [0.25, 0.3) is 0 Å². The molecule has 0 saturated heterocycles. The summed E-state index contributed by atoms with van der Waals surface area (Å²) < 4.78 is 90.8. The van der Waals surface area contributed by atoms with Gasteiger partial charge in [0.15, 0.2) is 0 Å². The molecule has 43 heavy (non-hydrogen) atoms. The summed E-state index contributed by atoms with van der Waals surface area (Å²) in [6, 6.07) is 10.6. The molecule has 0 aliphatic heterocycles. The number of nitrogens with one attached hydrogen (secondary N) is 1. The van der Waals surface area contributed by atoms with E-state index in [9.17, 15) is 26.3 Å². The maximum Gasteiger partial charge on any atom is 0.413 e. The minimum absolute atomic E-state index is 0.112. The first-order valence-corrected chi connectivity index (χ1v) is 13.4. The van der Waals surface area contributed by atoms with Gasteiger partial charge in [0, 0.05) is 50.4 Å². The van der Waals surface area contributed by atoms with Gasteiger partial charge in [-0.1, -0.05) is 24.3 Å². The number of ether oxygens (including phenoxy) is 2. The lowest BCUT2D eigenvalue weighted by atomic mass is 10.0. The molecule has 234 valence electrons. The molecule has 1 heterocycles. The molecule has 0 aliphatic rings. The SMILES string of the molecule is COCCN(CCOC)Cc1nc(Nc2ccc(C(C)C(F)(F)F)cc2)c2ccc(C/C(=C\C=C/N)C(F)(F)F)cc2n1. The van der Waals surface area contributed by atoms with E-state index >= 15 is 0 Å². The van der Waals surface area contributed by atoms with Gasteiger partial charge in [-0.05, 0) is 54.6 Å². The van der Waals surface area contributed by atoms with Crippen LogP contribution in [0, 0.1) is 0 Å². The van der Waals surface area contributed by atoms with Crippen molar-refractivity contribution in [2.45, 2.75) is 38.2 Å². The van der Waals surface area contributed by atoms with E-state index in [0.29, 0.717) is 66.6 Å². The van der Waals surface area contributed by atoms with E-state index < -0.39 is 30.3 Å². The van der Waals surface area contributed by atoms with Crippen LogP contribution >= 0.6 is 0 Å². The lowest BCUT2D eigenvalue weighted by molar-refractivity contribution is -0.146. The first-order chi connectivity index (χ1) is 20.3. The van der Waals surface area contributed by atoms with Gasteiger partial charge < -0.3 is 20.5 Å². The molecule has 0 bridgehead atoms. The van der Waals surface area contributed by atoms with Crippen molar-refractivity contribution in [1.29, 1.82) is 0 Å². The van der Waals surface area contributed by atoms with Crippen LogP contribution in [-0.4, -0.2) is 67.7 Å². The molecular weight excluding hydrogens is 576 g/mol. The lowest BCUT2D eigenvalue weighted by Gasteiger charge is -2.21. The molecule has 0 fully saturated rings. The highest BCUT2D eigenvalue weighted by molar-refractivity contribution is 5.91. The summed E-state index contributed by atoms with van der Waals surface area (Å²) in [5.74, 6) is -0.883. The molecule has 3 rings (SSSR count). The fourth-order valence-corrected chi connectivity index (χ4v) is 4.24. The fraction of sp³-hybridized carbons (Fsp3) is 0.400. The van der Waals surface area contributed by atoms with E-state index in [1.165, 1.54) is 24.3 Å². The molecule has 3 N–H and O–H groups in total. The number of methoxy groups -OCH3 is 2. The van der Waals surface area contributed by atoms with Crippen molar-refractivity contribution < 1.29 is 35.8 Å². The first kappa shape index (κ1) is 33.8. The number of rotatable bonds is 14. The highest BCUT2D eigenvalue weighted by Gasteiger charge is 2.37. The number of aromatic nitrogens is 2. The molecule has 0 aliphatic carbocycles. The van der Waals surface area contributed by atoms with Crippen LogP contribution in [0.4, 0.5) is 37.8 Å². The molecule has 3 aromatic rings. The summed E-state index contributed by atoms with van der Waals surface area (Å²) in [6.45, 7) is 3.38. The van der Waals surface area contributed by atoms with Crippen LogP contribution in [0.5, 0.6) is 0 Å². The number of benzene rings is 2. The first-order valence-electron chi connectivity index (χ1n) is 13.4. The normalized spacial score (nSPS) is 13.8. The van der Waals surface area contributed by atoms with Crippen LogP contribution in [0.3, 0.4) is 0 Å². The second-order valence-corrected chi connectivity index (χ2v) is 9.86. The second-order valence-electron chi connectivity index (χ2n) is 9.86. The van der Waals surface area contributed by atoms with E-state index in [2.05, 4.69) is 15.3 Å². The predicted octanol–water partition coefficient (Wildman–Crippen LogP) is 6.64. The summed E-state index contributed by atoms with van der Waals surface area (Å²) in [5.41, 5.74) is 5.84. The van der Waals surface area contributed by atoms with Crippen LogP contribution in [0.15, 0.2) is 66.4 Å². The summed E-state index contributed by atoms with van der Waals surface area (Å²) in [7, 11) is 3.16. The Morgan fingerprint density at radius 1 is 0.977 bits per heavy atom. The molecule has 0 spiro atoms. The smallest absolute Gasteiger partial charge is 0.405 e. The maximum absolute atomic E-state index is 13.6. The molecule has 1 aromatic heterocycles. The van der Waals surface area contributed by atoms with Crippen molar-refractivity contribution >= 4 is 22.4 Å². The van der Waals surface area contributed by atoms with Crippen LogP contribution in [0.1, 0.15) is 29.8 Å². The Morgan fingerprint density at radius 3 is 2.19 bits per heavy atom. The Bertz CT molecular complexity index is 1380. The Balaban J connectivity index is 2.03. The van der Waals surface area contributed by atoms with Gasteiger partial charge in [-0.2, -0.15) is 26.3 Å². The third-order valence-electron chi connectivity index (χ3n) is 6.73. The lowest BCUT2D eigenvalue weighted by Crippen LogP contribution is -2.31. The average molecular weight is 612 g/mol. The summed E-state index contributed by atoms with van der Waals surface area (Å²) in [4.78, 5) is 11.3. The third-order valence-corrected chi connectivity index (χ3v) is 6.73. The zero-order chi connectivity index (χ0) is 31.6. The Kier molecular flexibility index (Phi) is 11.9. The van der Waals surface area contributed by atoms with Crippen LogP contribution in [0.25, 0.3) is 10.9 Å². The van der Waals surface area contributed by atoms with Crippen molar-refractivity contribution in [2.75, 3.05) is 45.8 Å². The fourth-order valence-electron chi connectivity index (χ4n) is 4.24. The number of hydrogen-bond acceptors (Lipinski definition) is 7. The van der Waals surface area contributed by atoms with E-state index in [1.54, 1.807) is 32.4 Å². The zero-order valence-electron chi connectivity index (χ0n) is 24.1. The Morgan fingerprint density at radius 2 is 1.63 bits per heavy atom. The number of nitrogens with two attached hydrogens (primary N) is 1. The number of nitrogens with zero attached hydrogens (tertiary/aromatic N) is 3. The molecule has 2 aromatic carbocycles. The minimum Gasteiger partial charge on any atom is -0.405 e. The van der Waals surface area contributed by atoms with E-state index in [-0.39, 0.29) is 5.56 Å². The topological polar surface area (TPSA) is 85.5 Å². The average Bonchev–Trinajstić information content (AvgIpc) is 2.95. The highest BCUT2D eigenvalue weighted by Crippen LogP contribution is 2.35. The van der Waals surface area contributed by atoms with Crippen molar-refractivity contribution in [3.63, 3.8) is 0 Å². The zero-order valence-corrected chi connectivity index (χ0v) is 24.1. The van der Waals surface area contributed by atoms with Crippen molar-refractivity contribution in [3.05, 3.63) is 83.3 Å². The molecule has 0 amide bonds. The Hall–Kier alpha value is -3.68. The quantitative estimate of drug-likeness (QED) is 0.156. The molecule has 1 atom stereocenters. The third kappa shape index (κ3) is 9.94. The molecule has 0 saturated carbocycles. The monoisotopic (exact) mass is 611 g/mol. The molecule has 7 nitrogen and oxygen atoms in total. The van der Waals surface area contributed by atoms with Crippen LogP contribution in [0.2, 0.25) is 0 Å². The minimum atomic E-state index is -4.56. The van der Waals surface area contributed by atoms with Crippen molar-refractivity contribution in [1.82, 2.24) is 14.9 Å². The number of hydrogen-bond donors (Lipinski definition) is 2. The largest absolute Gasteiger partial charge is 0.413 e. The number of alkyl halides is 6. The van der Waals surface area contributed by atoms with Gasteiger partial charge in [-0.25, -0.2) is 9.97 Å². The number of anilines is 2. The van der Waals surface area contributed by atoms with Gasteiger partial charge in [-0.3, -0.25) is 4.90 Å². The van der Waals surface area contributed by atoms with E-state index in [1.807, 2.05) is 4.90 Å². The van der Waals surface area contributed by atoms with Gasteiger partial charge in [0.2, 0.25) is 0 Å². The molecule has 1 unspecified atom stereocenters. The number of fused-ring (bicyclic) bond motifs is 1. The van der Waals surface area contributed by atoms with Gasteiger partial charge in [0.1, 0.15) is 11.6 Å².